The summed E-state index contributed by atoms with van der Waals surface area (Å²) < 4.78 is 10.5. The summed E-state index contributed by atoms with van der Waals surface area (Å²) in [5, 5.41) is 6.57. The molecule has 0 saturated carbocycles. The molecule has 0 radical (unpaired) electrons. The van der Waals surface area contributed by atoms with Crippen LogP contribution in [0.15, 0.2) is 18.2 Å². The van der Waals surface area contributed by atoms with E-state index in [4.69, 9.17) is 21.1 Å². The number of rotatable bonds is 10. The quantitative estimate of drug-likeness (QED) is 0.649. The van der Waals surface area contributed by atoms with Crippen molar-refractivity contribution in [2.75, 3.05) is 40.0 Å². The maximum absolute atomic E-state index is 12.2. The summed E-state index contributed by atoms with van der Waals surface area (Å²) in [5.74, 6) is 0.318. The zero-order chi connectivity index (χ0) is 15.5. The Bertz CT molecular complexity index is 441. The van der Waals surface area contributed by atoms with E-state index in [0.29, 0.717) is 36.1 Å². The van der Waals surface area contributed by atoms with Crippen LogP contribution in [0, 0.1) is 0 Å². The van der Waals surface area contributed by atoms with Crippen LogP contribution in [-0.2, 0) is 4.74 Å². The Morgan fingerprint density at radius 1 is 1.24 bits per heavy atom. The molecule has 0 unspecified atom stereocenters. The lowest BCUT2D eigenvalue weighted by molar-refractivity contribution is 0.0946. The van der Waals surface area contributed by atoms with Gasteiger partial charge < -0.3 is 20.1 Å². The molecule has 0 fully saturated rings. The number of benzene rings is 1. The molecule has 1 rings (SSSR count). The topological polar surface area (TPSA) is 59.6 Å². The van der Waals surface area contributed by atoms with Crippen molar-refractivity contribution in [1.29, 1.82) is 0 Å². The highest BCUT2D eigenvalue weighted by Gasteiger charge is 2.13. The minimum absolute atomic E-state index is 0.191. The van der Waals surface area contributed by atoms with Crippen LogP contribution in [0.3, 0.4) is 0 Å². The van der Waals surface area contributed by atoms with Crippen molar-refractivity contribution < 1.29 is 14.3 Å². The van der Waals surface area contributed by atoms with E-state index in [2.05, 4.69) is 17.6 Å². The van der Waals surface area contributed by atoms with Crippen LogP contribution < -0.4 is 15.4 Å². The number of hydrogen-bond acceptors (Lipinski definition) is 4. The molecule has 0 heterocycles. The molecule has 0 aliphatic rings. The number of carbonyl (C=O) groups excluding carboxylic acids is 1. The first-order chi connectivity index (χ1) is 10.2. The molecule has 6 heteroatoms. The Kier molecular flexibility index (Phi) is 8.82. The van der Waals surface area contributed by atoms with Gasteiger partial charge in [0, 0.05) is 25.2 Å². The molecule has 1 aromatic rings. The Labute approximate surface area is 131 Å². The van der Waals surface area contributed by atoms with Crippen molar-refractivity contribution in [3.05, 3.63) is 28.8 Å². The highest BCUT2D eigenvalue weighted by atomic mass is 35.5. The third-order valence-corrected chi connectivity index (χ3v) is 2.98. The molecule has 0 aliphatic carbocycles. The fourth-order valence-corrected chi connectivity index (χ4v) is 1.87. The molecule has 0 aliphatic heterocycles. The second kappa shape index (κ2) is 10.4. The molecule has 1 amide bonds. The number of ether oxygens (including phenoxy) is 2. The molecule has 0 atom stereocenters. The van der Waals surface area contributed by atoms with E-state index in [0.717, 1.165) is 19.5 Å². The Morgan fingerprint density at radius 3 is 2.76 bits per heavy atom. The van der Waals surface area contributed by atoms with Crippen LogP contribution in [0.1, 0.15) is 23.7 Å². The number of methoxy groups -OCH3 is 1. The summed E-state index contributed by atoms with van der Waals surface area (Å²) in [6.07, 6.45) is 1.07. The number of carbonyl (C=O) groups is 1. The summed E-state index contributed by atoms with van der Waals surface area (Å²) >= 11 is 5.95. The molecule has 1 aromatic carbocycles. The molecule has 2 N–H and O–H groups in total. The van der Waals surface area contributed by atoms with E-state index < -0.39 is 0 Å². The van der Waals surface area contributed by atoms with Crippen molar-refractivity contribution in [3.8, 4) is 5.75 Å². The van der Waals surface area contributed by atoms with Crippen molar-refractivity contribution in [3.63, 3.8) is 0 Å². The third kappa shape index (κ3) is 6.80. The fraction of sp³-hybridized carbons (Fsp3) is 0.533. The molecule has 0 aromatic heterocycles. The molecule has 5 nitrogen and oxygen atoms in total. The van der Waals surface area contributed by atoms with Gasteiger partial charge in [-0.1, -0.05) is 18.5 Å². The van der Waals surface area contributed by atoms with Crippen molar-refractivity contribution in [2.45, 2.75) is 13.3 Å². The van der Waals surface area contributed by atoms with E-state index in [-0.39, 0.29) is 5.91 Å². The molecule has 0 bridgehead atoms. The van der Waals surface area contributed by atoms with Crippen LogP contribution in [0.25, 0.3) is 0 Å². The van der Waals surface area contributed by atoms with Crippen LogP contribution in [0.4, 0.5) is 0 Å². The molecule has 0 spiro atoms. The summed E-state index contributed by atoms with van der Waals surface area (Å²) in [5.41, 5.74) is 0.439. The van der Waals surface area contributed by atoms with E-state index in [1.54, 1.807) is 25.3 Å². The smallest absolute Gasteiger partial charge is 0.255 e. The molecular weight excluding hydrogens is 292 g/mol. The van der Waals surface area contributed by atoms with E-state index in [1.165, 1.54) is 0 Å². The molecule has 118 valence electrons. The van der Waals surface area contributed by atoms with Crippen LogP contribution in [0.2, 0.25) is 5.02 Å². The summed E-state index contributed by atoms with van der Waals surface area (Å²) in [4.78, 5) is 12.2. The molecular formula is C15H23ClN2O3. The number of amides is 1. The predicted molar refractivity (Wildman–Crippen MR) is 84.3 cm³/mol. The lowest BCUT2D eigenvalue weighted by Crippen LogP contribution is -2.32. The predicted octanol–water partition coefficient (Wildman–Crippen LogP) is 2.09. The lowest BCUT2D eigenvalue weighted by Gasteiger charge is -2.12. The van der Waals surface area contributed by atoms with Crippen molar-refractivity contribution >= 4 is 17.5 Å². The van der Waals surface area contributed by atoms with Crippen molar-refractivity contribution in [2.24, 2.45) is 0 Å². The van der Waals surface area contributed by atoms with Crippen molar-refractivity contribution in [1.82, 2.24) is 10.6 Å². The first-order valence-electron chi connectivity index (χ1n) is 7.09. The maximum Gasteiger partial charge on any atom is 0.255 e. The minimum atomic E-state index is -0.191. The monoisotopic (exact) mass is 314 g/mol. The zero-order valence-electron chi connectivity index (χ0n) is 12.6. The largest absolute Gasteiger partial charge is 0.490 e. The van der Waals surface area contributed by atoms with Gasteiger partial charge in [0.1, 0.15) is 12.4 Å². The summed E-state index contributed by atoms with van der Waals surface area (Å²) in [6.45, 7) is 5.18. The average Bonchev–Trinajstić information content (AvgIpc) is 2.48. The number of hydrogen-bond donors (Lipinski definition) is 2. The van der Waals surface area contributed by atoms with Gasteiger partial charge in [0.2, 0.25) is 0 Å². The van der Waals surface area contributed by atoms with Gasteiger partial charge in [-0.2, -0.15) is 0 Å². The average molecular weight is 315 g/mol. The van der Waals surface area contributed by atoms with Gasteiger partial charge in [-0.15, -0.1) is 0 Å². The summed E-state index contributed by atoms with van der Waals surface area (Å²) in [6, 6.07) is 5.00. The Balaban J connectivity index is 2.57. The first-order valence-corrected chi connectivity index (χ1v) is 7.47. The maximum atomic E-state index is 12.2. The van der Waals surface area contributed by atoms with E-state index in [9.17, 15) is 4.79 Å². The third-order valence-electron chi connectivity index (χ3n) is 2.75. The standard InChI is InChI=1S/C15H23ClN2O3/c1-3-6-17-7-8-18-15(19)13-11-12(16)4-5-14(13)21-10-9-20-2/h4-5,11,17H,3,6-10H2,1-2H3,(H,18,19). The normalized spacial score (nSPS) is 10.4. The van der Waals surface area contributed by atoms with Crippen LogP contribution in [-0.4, -0.2) is 45.9 Å². The number of nitrogens with one attached hydrogen (secondary N) is 2. The van der Waals surface area contributed by atoms with E-state index >= 15 is 0 Å². The second-order valence-electron chi connectivity index (χ2n) is 4.49. The van der Waals surface area contributed by atoms with Gasteiger partial charge in [-0.05, 0) is 31.2 Å². The zero-order valence-corrected chi connectivity index (χ0v) is 13.3. The molecule has 0 saturated heterocycles. The Hall–Kier alpha value is -1.30. The van der Waals surface area contributed by atoms with Gasteiger partial charge in [0.15, 0.2) is 0 Å². The highest BCUT2D eigenvalue weighted by Crippen LogP contribution is 2.22. The first kappa shape index (κ1) is 17.8. The molecule has 21 heavy (non-hydrogen) atoms. The van der Waals surface area contributed by atoms with Crippen LogP contribution in [0.5, 0.6) is 5.75 Å². The SMILES string of the molecule is CCCNCCNC(=O)c1cc(Cl)ccc1OCCOC. The van der Waals surface area contributed by atoms with Gasteiger partial charge in [-0.3, -0.25) is 4.79 Å². The highest BCUT2D eigenvalue weighted by molar-refractivity contribution is 6.31. The Morgan fingerprint density at radius 2 is 2.05 bits per heavy atom. The van der Waals surface area contributed by atoms with Gasteiger partial charge in [0.05, 0.1) is 12.2 Å². The van der Waals surface area contributed by atoms with E-state index in [1.807, 2.05) is 0 Å². The second-order valence-corrected chi connectivity index (χ2v) is 4.92. The number of halogens is 1. The summed E-state index contributed by atoms with van der Waals surface area (Å²) in [7, 11) is 1.60. The van der Waals surface area contributed by atoms with Gasteiger partial charge >= 0.3 is 0 Å². The van der Waals surface area contributed by atoms with Gasteiger partial charge in [-0.25, -0.2) is 0 Å². The minimum Gasteiger partial charge on any atom is -0.490 e. The van der Waals surface area contributed by atoms with Crippen LogP contribution >= 0.6 is 11.6 Å². The van der Waals surface area contributed by atoms with Gasteiger partial charge in [0.25, 0.3) is 5.91 Å². The lowest BCUT2D eigenvalue weighted by atomic mass is 10.2. The fourth-order valence-electron chi connectivity index (χ4n) is 1.70.